The van der Waals surface area contributed by atoms with E-state index < -0.39 is 11.7 Å². The fourth-order valence-corrected chi connectivity index (χ4v) is 0.968. The molecule has 0 fully saturated rings. The van der Waals surface area contributed by atoms with Crippen LogP contribution in [0.15, 0.2) is 48.9 Å². The zero-order chi connectivity index (χ0) is 12.7. The van der Waals surface area contributed by atoms with Crippen LogP contribution in [-0.4, -0.2) is 9.97 Å². The Kier molecular flexibility index (Phi) is 4.90. The molecular weight excluding hydrogens is 253 g/mol. The quantitative estimate of drug-likeness (QED) is 0.673. The van der Waals surface area contributed by atoms with E-state index in [1.165, 1.54) is 0 Å². The molecule has 0 aliphatic carbocycles. The minimum atomic E-state index is -4.34. The third-order valence-corrected chi connectivity index (χ3v) is 1.84. The second kappa shape index (κ2) is 6.20. The Hall–Kier alpha value is -1.62. The molecule has 0 aliphatic rings. The standard InChI is InChI=1S/C6H3ClF3N.C5H5N/c7-5-2-1-4(3-11-5)6(8,9)10;1-2-4-6-5-3-1/h1-3H;1-5H. The van der Waals surface area contributed by atoms with Gasteiger partial charge in [0, 0.05) is 18.6 Å². The molecule has 0 aromatic carbocycles. The van der Waals surface area contributed by atoms with E-state index in [0.29, 0.717) is 6.20 Å². The lowest BCUT2D eigenvalue weighted by molar-refractivity contribution is -0.137. The summed E-state index contributed by atoms with van der Waals surface area (Å²) in [4.78, 5) is 7.08. The normalized spacial score (nSPS) is 10.4. The molecule has 0 amide bonds. The molecule has 0 bridgehead atoms. The van der Waals surface area contributed by atoms with E-state index >= 15 is 0 Å². The van der Waals surface area contributed by atoms with Crippen molar-refractivity contribution in [1.29, 1.82) is 0 Å². The summed E-state index contributed by atoms with van der Waals surface area (Å²) in [7, 11) is 0. The van der Waals surface area contributed by atoms with Crippen molar-refractivity contribution in [1.82, 2.24) is 9.97 Å². The molecule has 0 radical (unpaired) electrons. The van der Waals surface area contributed by atoms with Gasteiger partial charge in [-0.05, 0) is 24.3 Å². The summed E-state index contributed by atoms with van der Waals surface area (Å²) in [6.07, 6.45) is -0.139. The number of halogens is 4. The molecule has 0 unspecified atom stereocenters. The van der Waals surface area contributed by atoms with Crippen molar-refractivity contribution in [3.8, 4) is 0 Å². The first-order chi connectivity index (χ1) is 8.00. The Labute approximate surface area is 101 Å². The van der Waals surface area contributed by atoms with Crippen molar-refractivity contribution >= 4 is 11.6 Å². The molecule has 0 aliphatic heterocycles. The van der Waals surface area contributed by atoms with Crippen molar-refractivity contribution in [3.05, 3.63) is 59.6 Å². The first kappa shape index (κ1) is 13.4. The van der Waals surface area contributed by atoms with Crippen molar-refractivity contribution in [2.45, 2.75) is 6.18 Å². The Balaban J connectivity index is 0.000000202. The highest BCUT2D eigenvalue weighted by atomic mass is 35.5. The average Bonchev–Trinajstić information content (AvgIpc) is 2.31. The van der Waals surface area contributed by atoms with E-state index in [1.54, 1.807) is 12.4 Å². The van der Waals surface area contributed by atoms with Crippen LogP contribution < -0.4 is 0 Å². The number of aromatic nitrogens is 2. The monoisotopic (exact) mass is 260 g/mol. The van der Waals surface area contributed by atoms with Gasteiger partial charge in [-0.3, -0.25) is 4.98 Å². The second-order valence-corrected chi connectivity index (χ2v) is 3.28. The largest absolute Gasteiger partial charge is 0.417 e. The zero-order valence-electron chi connectivity index (χ0n) is 8.53. The Morgan fingerprint density at radius 2 is 1.65 bits per heavy atom. The van der Waals surface area contributed by atoms with Crippen LogP contribution in [0, 0.1) is 0 Å². The van der Waals surface area contributed by atoms with Crippen LogP contribution in [0.4, 0.5) is 13.2 Å². The summed E-state index contributed by atoms with van der Waals surface area (Å²) < 4.78 is 35.5. The van der Waals surface area contributed by atoms with Crippen LogP contribution in [0.1, 0.15) is 5.56 Å². The van der Waals surface area contributed by atoms with Crippen LogP contribution in [0.3, 0.4) is 0 Å². The molecule has 2 aromatic rings. The number of hydrogen-bond donors (Lipinski definition) is 0. The van der Waals surface area contributed by atoms with Gasteiger partial charge in [0.15, 0.2) is 0 Å². The van der Waals surface area contributed by atoms with Gasteiger partial charge in [0.1, 0.15) is 5.15 Å². The summed E-state index contributed by atoms with van der Waals surface area (Å²) in [6.45, 7) is 0. The maximum Gasteiger partial charge on any atom is 0.417 e. The minimum absolute atomic E-state index is 0.0537. The third-order valence-electron chi connectivity index (χ3n) is 1.62. The lowest BCUT2D eigenvalue weighted by Crippen LogP contribution is -2.04. The molecule has 90 valence electrons. The highest BCUT2D eigenvalue weighted by molar-refractivity contribution is 6.29. The van der Waals surface area contributed by atoms with Gasteiger partial charge in [-0.1, -0.05) is 17.7 Å². The molecule has 0 saturated carbocycles. The molecule has 2 nitrogen and oxygen atoms in total. The van der Waals surface area contributed by atoms with Crippen LogP contribution in [0.2, 0.25) is 5.15 Å². The van der Waals surface area contributed by atoms with Crippen LogP contribution >= 0.6 is 11.6 Å². The van der Waals surface area contributed by atoms with E-state index in [4.69, 9.17) is 11.6 Å². The predicted molar refractivity (Wildman–Crippen MR) is 58.5 cm³/mol. The summed E-state index contributed by atoms with van der Waals surface area (Å²) in [5, 5.41) is 0.0537. The summed E-state index contributed by atoms with van der Waals surface area (Å²) in [5.74, 6) is 0. The maximum atomic E-state index is 11.8. The van der Waals surface area contributed by atoms with Crippen molar-refractivity contribution in [2.24, 2.45) is 0 Å². The van der Waals surface area contributed by atoms with E-state index in [1.807, 2.05) is 18.2 Å². The molecule has 17 heavy (non-hydrogen) atoms. The van der Waals surface area contributed by atoms with Gasteiger partial charge < -0.3 is 0 Å². The van der Waals surface area contributed by atoms with Crippen LogP contribution in [0.25, 0.3) is 0 Å². The maximum absolute atomic E-state index is 11.8. The molecule has 2 heterocycles. The topological polar surface area (TPSA) is 25.8 Å². The van der Waals surface area contributed by atoms with E-state index in [2.05, 4.69) is 9.97 Å². The number of nitrogens with zero attached hydrogens (tertiary/aromatic N) is 2. The Morgan fingerprint density at radius 3 is 1.94 bits per heavy atom. The molecule has 2 rings (SSSR count). The molecular formula is C11H8ClF3N2. The smallest absolute Gasteiger partial charge is 0.265 e. The summed E-state index contributed by atoms with van der Waals surface area (Å²) in [5.41, 5.74) is -0.790. The number of pyridine rings is 2. The Bertz CT molecular complexity index is 402. The summed E-state index contributed by atoms with van der Waals surface area (Å²) >= 11 is 5.28. The van der Waals surface area contributed by atoms with Gasteiger partial charge in [0.25, 0.3) is 0 Å². The van der Waals surface area contributed by atoms with Crippen molar-refractivity contribution in [2.75, 3.05) is 0 Å². The third kappa shape index (κ3) is 5.31. The summed E-state index contributed by atoms with van der Waals surface area (Å²) in [6, 6.07) is 7.70. The van der Waals surface area contributed by atoms with Gasteiger partial charge in [0.05, 0.1) is 5.56 Å². The number of hydrogen-bond acceptors (Lipinski definition) is 2. The second-order valence-electron chi connectivity index (χ2n) is 2.89. The highest BCUT2D eigenvalue weighted by Gasteiger charge is 2.30. The molecule has 6 heteroatoms. The SMILES string of the molecule is FC(F)(F)c1ccc(Cl)nc1.c1ccncc1. The van der Waals surface area contributed by atoms with Crippen molar-refractivity contribution < 1.29 is 13.2 Å². The minimum Gasteiger partial charge on any atom is -0.265 e. The molecule has 2 aromatic heterocycles. The van der Waals surface area contributed by atoms with Crippen LogP contribution in [0.5, 0.6) is 0 Å². The molecule has 0 atom stereocenters. The van der Waals surface area contributed by atoms with E-state index in [-0.39, 0.29) is 5.15 Å². The number of alkyl halides is 3. The first-order valence-electron chi connectivity index (χ1n) is 4.54. The molecule has 0 spiro atoms. The van der Waals surface area contributed by atoms with E-state index in [9.17, 15) is 13.2 Å². The van der Waals surface area contributed by atoms with E-state index in [0.717, 1.165) is 12.1 Å². The average molecular weight is 261 g/mol. The number of rotatable bonds is 0. The zero-order valence-corrected chi connectivity index (χ0v) is 9.28. The van der Waals surface area contributed by atoms with Gasteiger partial charge in [-0.15, -0.1) is 0 Å². The van der Waals surface area contributed by atoms with Gasteiger partial charge in [-0.2, -0.15) is 13.2 Å². The fraction of sp³-hybridized carbons (Fsp3) is 0.0909. The fourth-order valence-electron chi connectivity index (χ4n) is 0.856. The lowest BCUT2D eigenvalue weighted by atomic mass is 10.3. The van der Waals surface area contributed by atoms with Gasteiger partial charge in [0.2, 0.25) is 0 Å². The van der Waals surface area contributed by atoms with Crippen molar-refractivity contribution in [3.63, 3.8) is 0 Å². The predicted octanol–water partition coefficient (Wildman–Crippen LogP) is 3.84. The van der Waals surface area contributed by atoms with Gasteiger partial charge >= 0.3 is 6.18 Å². The van der Waals surface area contributed by atoms with Crippen LogP contribution in [-0.2, 0) is 6.18 Å². The molecule has 0 N–H and O–H groups in total. The highest BCUT2D eigenvalue weighted by Crippen LogP contribution is 2.28. The van der Waals surface area contributed by atoms with Gasteiger partial charge in [-0.25, -0.2) is 4.98 Å². The molecule has 0 saturated heterocycles. The first-order valence-corrected chi connectivity index (χ1v) is 4.91. The Morgan fingerprint density at radius 1 is 1.00 bits per heavy atom. The lowest BCUT2D eigenvalue weighted by Gasteiger charge is -2.04.